The van der Waals surface area contributed by atoms with Gasteiger partial charge in [0.1, 0.15) is 17.4 Å². The number of nitrogens with zero attached hydrogens (tertiary/aromatic N) is 2. The highest BCUT2D eigenvalue weighted by Gasteiger charge is 2.36. The molecule has 0 aliphatic carbocycles. The highest BCUT2D eigenvalue weighted by Crippen LogP contribution is 2.29. The van der Waals surface area contributed by atoms with E-state index in [4.69, 9.17) is 0 Å². The molecule has 1 fully saturated rings. The van der Waals surface area contributed by atoms with Gasteiger partial charge in [0.15, 0.2) is 0 Å². The molecule has 1 aliphatic heterocycles. The van der Waals surface area contributed by atoms with Crippen LogP contribution in [0.1, 0.15) is 35.9 Å². The van der Waals surface area contributed by atoms with Crippen molar-refractivity contribution in [1.82, 2.24) is 20.2 Å². The first-order chi connectivity index (χ1) is 14.3. The molecule has 0 aromatic carbocycles. The molecule has 0 spiro atoms. The molecule has 2 N–H and O–H groups in total. The van der Waals surface area contributed by atoms with Gasteiger partial charge in [-0.25, -0.2) is 4.98 Å². The number of amides is 2. The van der Waals surface area contributed by atoms with Crippen molar-refractivity contribution < 1.29 is 40.7 Å². The lowest BCUT2D eigenvalue weighted by molar-refractivity contribution is -0.345. The van der Waals surface area contributed by atoms with Crippen molar-refractivity contribution in [2.75, 3.05) is 13.1 Å². The van der Waals surface area contributed by atoms with Crippen LogP contribution in [0.5, 0.6) is 0 Å². The van der Waals surface area contributed by atoms with Crippen LogP contribution in [0.25, 0.3) is 10.9 Å². The van der Waals surface area contributed by atoms with Crippen LogP contribution in [0.15, 0.2) is 18.3 Å². The second kappa shape index (κ2) is 8.36. The van der Waals surface area contributed by atoms with Gasteiger partial charge in [0.2, 0.25) is 5.91 Å². The smallest absolute Gasteiger partial charge is 0.349 e. The summed E-state index contributed by atoms with van der Waals surface area (Å²) in [5.74, 6) is -1.21. The minimum atomic E-state index is -4.74. The summed E-state index contributed by atoms with van der Waals surface area (Å²) in [4.78, 5) is 32.1. The normalized spacial score (nSPS) is 17.1. The summed E-state index contributed by atoms with van der Waals surface area (Å²) in [6, 6.07) is 1.01. The first-order valence-electron chi connectivity index (χ1n) is 9.23. The Morgan fingerprint density at radius 1 is 1.19 bits per heavy atom. The van der Waals surface area contributed by atoms with Crippen molar-refractivity contribution in [3.63, 3.8) is 0 Å². The molecule has 0 unspecified atom stereocenters. The van der Waals surface area contributed by atoms with Gasteiger partial charge in [-0.1, -0.05) is 0 Å². The fraction of sp³-hybridized carbons (Fsp3) is 0.500. The Morgan fingerprint density at radius 3 is 2.42 bits per heavy atom. The maximum Gasteiger partial charge on any atom is 0.522 e. The summed E-state index contributed by atoms with van der Waals surface area (Å²) in [6.07, 6.45) is -9.45. The number of piperidine rings is 1. The van der Waals surface area contributed by atoms with Gasteiger partial charge < -0.3 is 15.2 Å². The average Bonchev–Trinajstić information content (AvgIpc) is 3.09. The first-order valence-corrected chi connectivity index (χ1v) is 9.23. The topological polar surface area (TPSA) is 87.3 Å². The number of H-pyrrole nitrogens is 1. The molecule has 3 rings (SSSR count). The Bertz CT molecular complexity index is 963. The zero-order valence-corrected chi connectivity index (χ0v) is 16.1. The van der Waals surface area contributed by atoms with E-state index >= 15 is 0 Å². The number of fused-ring (bicyclic) bond motifs is 1. The van der Waals surface area contributed by atoms with Crippen molar-refractivity contribution in [1.29, 1.82) is 0 Å². The molecule has 0 saturated carbocycles. The number of ether oxygens (including phenoxy) is 1. The van der Waals surface area contributed by atoms with E-state index in [0.717, 1.165) is 12.3 Å². The SMILES string of the molecule is C[C@H](NC(=O)c1cc2cc(C(F)(F)F)ncc2[nH]1)C(=O)N1CCC(OC(F)(F)F)CC1. The predicted molar refractivity (Wildman–Crippen MR) is 94.8 cm³/mol. The third kappa shape index (κ3) is 5.66. The molecule has 0 bridgehead atoms. The standard InChI is InChI=1S/C18H18F6N4O3/c1-9(16(30)28-4-2-11(3-5-28)31-18(22,23)24)26-15(29)12-6-10-7-14(17(19,20)21)25-8-13(10)27-12/h6-9,11,27H,2-5H2,1H3,(H,26,29)/t9-/m0/s1. The molecular weight excluding hydrogens is 434 g/mol. The number of aromatic nitrogens is 2. The Morgan fingerprint density at radius 2 is 1.84 bits per heavy atom. The highest BCUT2D eigenvalue weighted by molar-refractivity contribution is 6.00. The summed E-state index contributed by atoms with van der Waals surface area (Å²) in [7, 11) is 0. The minimum absolute atomic E-state index is 0.00245. The molecule has 7 nitrogen and oxygen atoms in total. The number of pyridine rings is 1. The molecule has 170 valence electrons. The van der Waals surface area contributed by atoms with Gasteiger partial charge in [-0.3, -0.25) is 14.3 Å². The van der Waals surface area contributed by atoms with E-state index in [9.17, 15) is 35.9 Å². The van der Waals surface area contributed by atoms with Crippen molar-refractivity contribution in [3.8, 4) is 0 Å². The molecule has 1 atom stereocenters. The molecule has 1 aliphatic rings. The Labute approximate surface area is 171 Å². The number of nitrogens with one attached hydrogen (secondary N) is 2. The van der Waals surface area contributed by atoms with Gasteiger partial charge in [0.05, 0.1) is 17.8 Å². The maximum absolute atomic E-state index is 12.8. The summed E-state index contributed by atoms with van der Waals surface area (Å²) in [5.41, 5.74) is -0.954. The molecule has 2 amide bonds. The molecule has 0 radical (unpaired) electrons. The molecule has 1 saturated heterocycles. The third-order valence-corrected chi connectivity index (χ3v) is 4.81. The fourth-order valence-corrected chi connectivity index (χ4v) is 3.30. The average molecular weight is 452 g/mol. The van der Waals surface area contributed by atoms with Crippen LogP contribution in [0.2, 0.25) is 0 Å². The highest BCUT2D eigenvalue weighted by atomic mass is 19.4. The van der Waals surface area contributed by atoms with E-state index in [0.29, 0.717) is 0 Å². The van der Waals surface area contributed by atoms with Crippen molar-refractivity contribution in [2.24, 2.45) is 0 Å². The number of hydrogen-bond acceptors (Lipinski definition) is 4. The Kier molecular flexibility index (Phi) is 6.16. The van der Waals surface area contributed by atoms with Crippen molar-refractivity contribution in [2.45, 2.75) is 44.4 Å². The second-order valence-electron chi connectivity index (χ2n) is 7.12. The lowest BCUT2D eigenvalue weighted by atomic mass is 10.1. The summed E-state index contributed by atoms with van der Waals surface area (Å²) < 4.78 is 79.1. The Balaban J connectivity index is 1.59. The number of aromatic amines is 1. The molecule has 3 heterocycles. The van der Waals surface area contributed by atoms with Crippen LogP contribution in [-0.2, 0) is 15.7 Å². The number of rotatable bonds is 4. The van der Waals surface area contributed by atoms with Crippen LogP contribution in [-0.4, -0.2) is 58.3 Å². The number of carbonyl (C=O) groups is 2. The summed E-state index contributed by atoms with van der Waals surface area (Å²) >= 11 is 0. The van der Waals surface area contributed by atoms with Crippen LogP contribution in [0.3, 0.4) is 0 Å². The van der Waals surface area contributed by atoms with E-state index < -0.39 is 42.2 Å². The largest absolute Gasteiger partial charge is 0.522 e. The van der Waals surface area contributed by atoms with E-state index in [1.807, 2.05) is 0 Å². The van der Waals surface area contributed by atoms with Crippen LogP contribution in [0.4, 0.5) is 26.3 Å². The lowest BCUT2D eigenvalue weighted by Gasteiger charge is -2.33. The van der Waals surface area contributed by atoms with Gasteiger partial charge >= 0.3 is 12.5 Å². The van der Waals surface area contributed by atoms with Crippen LogP contribution >= 0.6 is 0 Å². The van der Waals surface area contributed by atoms with Crippen LogP contribution in [0, 0.1) is 0 Å². The van der Waals surface area contributed by atoms with Gasteiger partial charge in [0, 0.05) is 18.5 Å². The van der Waals surface area contributed by atoms with Gasteiger partial charge in [-0.15, -0.1) is 13.2 Å². The molecule has 31 heavy (non-hydrogen) atoms. The molecule has 13 heteroatoms. The van der Waals surface area contributed by atoms with E-state index in [1.54, 1.807) is 0 Å². The maximum atomic E-state index is 12.8. The zero-order valence-electron chi connectivity index (χ0n) is 16.1. The Hall–Kier alpha value is -2.83. The fourth-order valence-electron chi connectivity index (χ4n) is 3.30. The number of likely N-dealkylation sites (tertiary alicyclic amines) is 1. The summed E-state index contributed by atoms with van der Waals surface area (Å²) in [5, 5.41) is 2.56. The quantitative estimate of drug-likeness (QED) is 0.698. The monoisotopic (exact) mass is 452 g/mol. The summed E-state index contributed by atoms with van der Waals surface area (Å²) in [6.45, 7) is 1.49. The van der Waals surface area contributed by atoms with Gasteiger partial charge in [0.25, 0.3) is 5.91 Å². The second-order valence-corrected chi connectivity index (χ2v) is 7.12. The molecular formula is C18H18F6N4O3. The third-order valence-electron chi connectivity index (χ3n) is 4.81. The van der Waals surface area contributed by atoms with E-state index in [2.05, 4.69) is 20.0 Å². The lowest BCUT2D eigenvalue weighted by Crippen LogP contribution is -2.50. The zero-order chi connectivity index (χ0) is 23.0. The van der Waals surface area contributed by atoms with Crippen molar-refractivity contribution >= 4 is 22.7 Å². The van der Waals surface area contributed by atoms with Crippen molar-refractivity contribution in [3.05, 3.63) is 29.7 Å². The molecule has 2 aromatic heterocycles. The van der Waals surface area contributed by atoms with Gasteiger partial charge in [-0.2, -0.15) is 13.2 Å². The number of hydrogen-bond donors (Lipinski definition) is 2. The number of carbonyl (C=O) groups excluding carboxylic acids is 2. The van der Waals surface area contributed by atoms with E-state index in [1.165, 1.54) is 17.9 Å². The van der Waals surface area contributed by atoms with Crippen LogP contribution < -0.4 is 5.32 Å². The first kappa shape index (κ1) is 22.8. The van der Waals surface area contributed by atoms with E-state index in [-0.39, 0.29) is 42.5 Å². The predicted octanol–water partition coefficient (Wildman–Crippen LogP) is 3.23. The van der Waals surface area contributed by atoms with Gasteiger partial charge in [-0.05, 0) is 31.9 Å². The minimum Gasteiger partial charge on any atom is -0.349 e. The number of alkyl halides is 6. The molecule has 2 aromatic rings. The number of halogens is 6.